The Labute approximate surface area is 139 Å². The Hall–Kier alpha value is -3.09. The minimum absolute atomic E-state index is 0.157. The number of carbonyl (C=O) groups excluding carboxylic acids is 3. The highest BCUT2D eigenvalue weighted by Gasteiger charge is 2.18. The van der Waals surface area contributed by atoms with Crippen LogP contribution >= 0.6 is 0 Å². The van der Waals surface area contributed by atoms with Crippen molar-refractivity contribution >= 4 is 23.4 Å². The number of furan rings is 1. The Bertz CT molecular complexity index is 723. The summed E-state index contributed by atoms with van der Waals surface area (Å²) < 4.78 is 5.15. The highest BCUT2D eigenvalue weighted by molar-refractivity contribution is 6.40. The van der Waals surface area contributed by atoms with Gasteiger partial charge in [-0.05, 0) is 38.1 Å². The molecule has 0 unspecified atom stereocenters. The Morgan fingerprint density at radius 1 is 1.04 bits per heavy atom. The number of hydrogen-bond acceptors (Lipinski definition) is 4. The Morgan fingerprint density at radius 3 is 2.46 bits per heavy atom. The van der Waals surface area contributed by atoms with Gasteiger partial charge in [0.25, 0.3) is 5.91 Å². The molecular formula is C17H19N3O4. The SMILES string of the molecule is CC(C)NC(=O)C(=O)Nc1ccccc1C(=O)NCc1ccco1. The van der Waals surface area contributed by atoms with Gasteiger partial charge in [0.15, 0.2) is 0 Å². The third kappa shape index (κ3) is 4.70. The summed E-state index contributed by atoms with van der Waals surface area (Å²) in [5.74, 6) is -1.35. The van der Waals surface area contributed by atoms with Crippen molar-refractivity contribution in [2.24, 2.45) is 0 Å². The summed E-state index contributed by atoms with van der Waals surface area (Å²) in [6.07, 6.45) is 1.52. The fraction of sp³-hybridized carbons (Fsp3) is 0.235. The van der Waals surface area contributed by atoms with Crippen molar-refractivity contribution in [1.29, 1.82) is 0 Å². The van der Waals surface area contributed by atoms with Crippen LogP contribution in [0.3, 0.4) is 0 Å². The summed E-state index contributed by atoms with van der Waals surface area (Å²) in [5, 5.41) is 7.64. The minimum Gasteiger partial charge on any atom is -0.467 e. The third-order valence-corrected chi connectivity index (χ3v) is 3.05. The maximum Gasteiger partial charge on any atom is 0.313 e. The van der Waals surface area contributed by atoms with Crippen LogP contribution in [0.5, 0.6) is 0 Å². The Balaban J connectivity index is 2.05. The topological polar surface area (TPSA) is 100 Å². The van der Waals surface area contributed by atoms with E-state index in [0.717, 1.165) is 0 Å². The number of benzene rings is 1. The van der Waals surface area contributed by atoms with E-state index in [1.165, 1.54) is 6.26 Å². The third-order valence-electron chi connectivity index (χ3n) is 3.05. The smallest absolute Gasteiger partial charge is 0.313 e. The fourth-order valence-electron chi connectivity index (χ4n) is 1.97. The van der Waals surface area contributed by atoms with Crippen LogP contribution in [0.1, 0.15) is 30.0 Å². The van der Waals surface area contributed by atoms with Gasteiger partial charge in [-0.25, -0.2) is 0 Å². The van der Waals surface area contributed by atoms with Gasteiger partial charge < -0.3 is 20.4 Å². The molecule has 0 saturated heterocycles. The zero-order valence-corrected chi connectivity index (χ0v) is 13.5. The summed E-state index contributed by atoms with van der Waals surface area (Å²) in [4.78, 5) is 35.9. The maximum absolute atomic E-state index is 12.3. The van der Waals surface area contributed by atoms with Crippen LogP contribution in [0.2, 0.25) is 0 Å². The molecule has 1 heterocycles. The normalized spacial score (nSPS) is 10.3. The van der Waals surface area contributed by atoms with Gasteiger partial charge in [-0.15, -0.1) is 0 Å². The molecule has 0 atom stereocenters. The lowest BCUT2D eigenvalue weighted by Crippen LogP contribution is -2.39. The van der Waals surface area contributed by atoms with Crippen LogP contribution in [-0.2, 0) is 16.1 Å². The number of amides is 3. The Kier molecular flexibility index (Phi) is 5.73. The molecule has 1 aromatic carbocycles. The molecular weight excluding hydrogens is 310 g/mol. The van der Waals surface area contributed by atoms with Gasteiger partial charge in [-0.1, -0.05) is 12.1 Å². The quantitative estimate of drug-likeness (QED) is 0.726. The molecule has 0 fully saturated rings. The molecule has 0 bridgehead atoms. The van der Waals surface area contributed by atoms with Crippen molar-refractivity contribution in [3.63, 3.8) is 0 Å². The summed E-state index contributed by atoms with van der Waals surface area (Å²) in [6.45, 7) is 3.73. The number of rotatable bonds is 5. The van der Waals surface area contributed by atoms with E-state index in [1.807, 2.05) is 0 Å². The van der Waals surface area contributed by atoms with E-state index in [4.69, 9.17) is 4.42 Å². The molecule has 0 aliphatic heterocycles. The second-order valence-corrected chi connectivity index (χ2v) is 5.39. The summed E-state index contributed by atoms with van der Waals surface area (Å²) in [6, 6.07) is 9.77. The van der Waals surface area contributed by atoms with Crippen LogP contribution in [0.25, 0.3) is 0 Å². The summed E-state index contributed by atoms with van der Waals surface area (Å²) >= 11 is 0. The molecule has 126 valence electrons. The largest absolute Gasteiger partial charge is 0.467 e. The average molecular weight is 329 g/mol. The van der Waals surface area contributed by atoms with E-state index in [9.17, 15) is 14.4 Å². The van der Waals surface area contributed by atoms with Crippen molar-refractivity contribution in [3.05, 3.63) is 54.0 Å². The molecule has 2 rings (SSSR count). The molecule has 3 N–H and O–H groups in total. The molecule has 7 heteroatoms. The van der Waals surface area contributed by atoms with Crippen LogP contribution in [0.4, 0.5) is 5.69 Å². The average Bonchev–Trinajstić information content (AvgIpc) is 3.06. The summed E-state index contributed by atoms with van der Waals surface area (Å²) in [5.41, 5.74) is 0.521. The number of nitrogens with one attached hydrogen (secondary N) is 3. The predicted octanol–water partition coefficient (Wildman–Crippen LogP) is 1.67. The van der Waals surface area contributed by atoms with E-state index in [0.29, 0.717) is 5.76 Å². The number of anilines is 1. The van der Waals surface area contributed by atoms with Gasteiger partial charge >= 0.3 is 11.8 Å². The van der Waals surface area contributed by atoms with E-state index < -0.39 is 11.8 Å². The second kappa shape index (κ2) is 7.96. The van der Waals surface area contributed by atoms with Gasteiger partial charge in [0, 0.05) is 6.04 Å². The van der Waals surface area contributed by atoms with Crippen molar-refractivity contribution in [1.82, 2.24) is 10.6 Å². The molecule has 1 aromatic heterocycles. The van der Waals surface area contributed by atoms with E-state index in [2.05, 4.69) is 16.0 Å². The van der Waals surface area contributed by atoms with Gasteiger partial charge in [0.1, 0.15) is 5.76 Å². The molecule has 2 aromatic rings. The monoisotopic (exact) mass is 329 g/mol. The van der Waals surface area contributed by atoms with E-state index in [-0.39, 0.29) is 29.7 Å². The zero-order valence-electron chi connectivity index (χ0n) is 13.5. The first-order chi connectivity index (χ1) is 11.5. The molecule has 0 aliphatic rings. The molecule has 24 heavy (non-hydrogen) atoms. The fourth-order valence-corrected chi connectivity index (χ4v) is 1.97. The van der Waals surface area contributed by atoms with Crippen molar-refractivity contribution in [2.75, 3.05) is 5.32 Å². The van der Waals surface area contributed by atoms with Crippen molar-refractivity contribution in [2.45, 2.75) is 26.4 Å². The van der Waals surface area contributed by atoms with Crippen LogP contribution in [-0.4, -0.2) is 23.8 Å². The maximum atomic E-state index is 12.3. The highest BCUT2D eigenvalue weighted by Crippen LogP contribution is 2.15. The summed E-state index contributed by atoms with van der Waals surface area (Å²) in [7, 11) is 0. The molecule has 0 radical (unpaired) electrons. The molecule has 0 aliphatic carbocycles. The number of carbonyl (C=O) groups is 3. The van der Waals surface area contributed by atoms with Crippen LogP contribution in [0, 0.1) is 0 Å². The minimum atomic E-state index is -0.824. The molecule has 0 saturated carbocycles. The van der Waals surface area contributed by atoms with Gasteiger partial charge in [0.2, 0.25) is 0 Å². The first kappa shape index (κ1) is 17.3. The Morgan fingerprint density at radius 2 is 1.79 bits per heavy atom. The molecule has 7 nitrogen and oxygen atoms in total. The first-order valence-electron chi connectivity index (χ1n) is 7.49. The second-order valence-electron chi connectivity index (χ2n) is 5.39. The zero-order chi connectivity index (χ0) is 17.5. The molecule has 0 spiro atoms. The van der Waals surface area contributed by atoms with Gasteiger partial charge in [-0.2, -0.15) is 0 Å². The van der Waals surface area contributed by atoms with Gasteiger partial charge in [0.05, 0.1) is 24.1 Å². The van der Waals surface area contributed by atoms with Gasteiger partial charge in [-0.3, -0.25) is 14.4 Å². The number of hydrogen-bond donors (Lipinski definition) is 3. The van der Waals surface area contributed by atoms with Crippen molar-refractivity contribution in [3.8, 4) is 0 Å². The van der Waals surface area contributed by atoms with E-state index in [1.54, 1.807) is 50.2 Å². The van der Waals surface area contributed by atoms with Crippen LogP contribution in [0.15, 0.2) is 47.1 Å². The van der Waals surface area contributed by atoms with Crippen molar-refractivity contribution < 1.29 is 18.8 Å². The van der Waals surface area contributed by atoms with Crippen LogP contribution < -0.4 is 16.0 Å². The lowest BCUT2D eigenvalue weighted by Gasteiger charge is -2.12. The first-order valence-corrected chi connectivity index (χ1v) is 7.49. The predicted molar refractivity (Wildman–Crippen MR) is 88.2 cm³/mol. The van der Waals surface area contributed by atoms with E-state index >= 15 is 0 Å². The standard InChI is InChI=1S/C17H19N3O4/c1-11(2)19-16(22)17(23)20-14-8-4-3-7-13(14)15(21)18-10-12-6-5-9-24-12/h3-9,11H,10H2,1-2H3,(H,18,21)(H,19,22)(H,20,23). The highest BCUT2D eigenvalue weighted by atomic mass is 16.3. The lowest BCUT2D eigenvalue weighted by atomic mass is 10.1. The number of para-hydroxylation sites is 1. The lowest BCUT2D eigenvalue weighted by molar-refractivity contribution is -0.136. The molecule has 3 amide bonds.